The van der Waals surface area contributed by atoms with Gasteiger partial charge in [-0.25, -0.2) is 8.78 Å². The monoisotopic (exact) mass is 385 g/mol. The van der Waals surface area contributed by atoms with Crippen molar-refractivity contribution in [3.63, 3.8) is 0 Å². The number of aromatic nitrogens is 3. The van der Waals surface area contributed by atoms with Crippen LogP contribution in [0.25, 0.3) is 5.65 Å². The van der Waals surface area contributed by atoms with Gasteiger partial charge in [0.25, 0.3) is 0 Å². The molecule has 0 spiro atoms. The molecule has 0 radical (unpaired) electrons. The number of rotatable bonds is 4. The van der Waals surface area contributed by atoms with E-state index >= 15 is 0 Å². The first-order valence-corrected chi connectivity index (χ1v) is 9.29. The number of benzene rings is 1. The van der Waals surface area contributed by atoms with Crippen molar-refractivity contribution in [3.05, 3.63) is 59.3 Å². The lowest BCUT2D eigenvalue weighted by Crippen LogP contribution is -2.43. The Morgan fingerprint density at radius 3 is 2.79 bits per heavy atom. The Kier molecular flexibility index (Phi) is 4.93. The molecule has 0 bridgehead atoms. The fourth-order valence-electron chi connectivity index (χ4n) is 3.71. The Bertz CT molecular complexity index is 999. The molecule has 1 aliphatic heterocycles. The van der Waals surface area contributed by atoms with Gasteiger partial charge >= 0.3 is 0 Å². The van der Waals surface area contributed by atoms with Crippen molar-refractivity contribution in [2.24, 2.45) is 5.92 Å². The summed E-state index contributed by atoms with van der Waals surface area (Å²) in [5.41, 5.74) is 2.20. The summed E-state index contributed by atoms with van der Waals surface area (Å²) in [6.07, 6.45) is 1.61. The molecule has 1 saturated heterocycles. The number of fused-ring (bicyclic) bond motifs is 1. The second-order valence-electron chi connectivity index (χ2n) is 7.14. The zero-order valence-corrected chi connectivity index (χ0v) is 15.5. The van der Waals surface area contributed by atoms with Gasteiger partial charge in [0.2, 0.25) is 11.9 Å². The lowest BCUT2D eigenvalue weighted by atomic mass is 9.97. The summed E-state index contributed by atoms with van der Waals surface area (Å²) < 4.78 is 28.6. The van der Waals surface area contributed by atoms with Crippen molar-refractivity contribution in [2.75, 3.05) is 18.0 Å². The van der Waals surface area contributed by atoms with Crippen LogP contribution in [0, 0.1) is 24.5 Å². The summed E-state index contributed by atoms with van der Waals surface area (Å²) in [6, 6.07) is 9.09. The molecule has 0 saturated carbocycles. The third kappa shape index (κ3) is 3.67. The highest BCUT2D eigenvalue weighted by molar-refractivity contribution is 5.79. The lowest BCUT2D eigenvalue weighted by molar-refractivity contribution is -0.125. The molecule has 146 valence electrons. The molecule has 1 atom stereocenters. The first-order chi connectivity index (χ1) is 13.5. The molecule has 3 aromatic rings. The van der Waals surface area contributed by atoms with E-state index in [-0.39, 0.29) is 18.4 Å². The third-order valence-electron chi connectivity index (χ3n) is 5.07. The molecule has 1 fully saturated rings. The van der Waals surface area contributed by atoms with Gasteiger partial charge in [-0.15, -0.1) is 10.2 Å². The van der Waals surface area contributed by atoms with Crippen molar-refractivity contribution in [3.8, 4) is 0 Å². The van der Waals surface area contributed by atoms with Crippen LogP contribution in [-0.4, -0.2) is 33.6 Å². The second kappa shape index (κ2) is 7.53. The van der Waals surface area contributed by atoms with Crippen LogP contribution in [-0.2, 0) is 11.3 Å². The number of nitrogens with one attached hydrogen (secondary N) is 1. The Morgan fingerprint density at radius 2 is 2.00 bits per heavy atom. The number of amides is 1. The average Bonchev–Trinajstić information content (AvgIpc) is 3.11. The lowest BCUT2D eigenvalue weighted by Gasteiger charge is -2.32. The second-order valence-corrected chi connectivity index (χ2v) is 7.14. The Hall–Kier alpha value is -3.03. The highest BCUT2D eigenvalue weighted by Crippen LogP contribution is 2.23. The molecule has 6 nitrogen and oxygen atoms in total. The molecule has 1 aromatic carbocycles. The van der Waals surface area contributed by atoms with Crippen LogP contribution in [0.4, 0.5) is 14.7 Å². The number of carbonyl (C=O) groups is 1. The number of anilines is 1. The molecular formula is C20H21F2N5O. The number of pyridine rings is 1. The van der Waals surface area contributed by atoms with Gasteiger partial charge in [0.15, 0.2) is 5.65 Å². The molecule has 4 rings (SSSR count). The van der Waals surface area contributed by atoms with E-state index in [9.17, 15) is 13.6 Å². The molecule has 3 heterocycles. The molecule has 2 aromatic heterocycles. The topological polar surface area (TPSA) is 62.5 Å². The maximum atomic E-state index is 13.3. The minimum Gasteiger partial charge on any atom is -0.352 e. The minimum absolute atomic E-state index is 0.0942. The first-order valence-electron chi connectivity index (χ1n) is 9.29. The van der Waals surface area contributed by atoms with Crippen LogP contribution in [0.5, 0.6) is 0 Å². The molecule has 1 amide bonds. The largest absolute Gasteiger partial charge is 0.352 e. The maximum Gasteiger partial charge on any atom is 0.231 e. The van der Waals surface area contributed by atoms with Gasteiger partial charge in [0.1, 0.15) is 11.6 Å². The van der Waals surface area contributed by atoms with E-state index in [0.29, 0.717) is 12.1 Å². The number of nitrogens with zero attached hydrogens (tertiary/aromatic N) is 4. The van der Waals surface area contributed by atoms with Gasteiger partial charge in [-0.05, 0) is 49.6 Å². The van der Waals surface area contributed by atoms with Crippen LogP contribution in [0.15, 0.2) is 36.4 Å². The van der Waals surface area contributed by atoms with Gasteiger partial charge in [0.05, 0.1) is 5.92 Å². The average molecular weight is 385 g/mol. The quantitative estimate of drug-likeness (QED) is 0.750. The van der Waals surface area contributed by atoms with E-state index in [2.05, 4.69) is 20.4 Å². The SMILES string of the molecule is Cc1cccc2nnc(N3CCC[C@@H](C(=O)NCc4cc(F)cc(F)c4)C3)n12. The normalized spacial score (nSPS) is 17.1. The first kappa shape index (κ1) is 18.3. The summed E-state index contributed by atoms with van der Waals surface area (Å²) in [7, 11) is 0. The molecule has 0 aliphatic carbocycles. The molecular weight excluding hydrogens is 364 g/mol. The van der Waals surface area contributed by atoms with Gasteiger partial charge in [-0.3, -0.25) is 9.20 Å². The van der Waals surface area contributed by atoms with Crippen molar-refractivity contribution < 1.29 is 13.6 Å². The summed E-state index contributed by atoms with van der Waals surface area (Å²) >= 11 is 0. The molecule has 1 N–H and O–H groups in total. The zero-order valence-electron chi connectivity index (χ0n) is 15.5. The van der Waals surface area contributed by atoms with Crippen LogP contribution in [0.1, 0.15) is 24.1 Å². The Morgan fingerprint density at radius 1 is 1.21 bits per heavy atom. The fourth-order valence-corrected chi connectivity index (χ4v) is 3.71. The van der Waals surface area contributed by atoms with Crippen LogP contribution >= 0.6 is 0 Å². The maximum absolute atomic E-state index is 13.3. The number of piperidine rings is 1. The number of hydrogen-bond donors (Lipinski definition) is 1. The van der Waals surface area contributed by atoms with Gasteiger partial charge in [-0.1, -0.05) is 6.07 Å². The van der Waals surface area contributed by atoms with E-state index in [1.165, 1.54) is 12.1 Å². The predicted molar refractivity (Wildman–Crippen MR) is 101 cm³/mol. The standard InChI is InChI=1S/C20H21F2N5O/c1-13-4-2-6-18-24-25-20(27(13)18)26-7-3-5-15(12-26)19(28)23-11-14-8-16(21)10-17(22)9-14/h2,4,6,8-10,15H,3,5,7,11-12H2,1H3,(H,23,28)/t15-/m1/s1. The van der Waals surface area contributed by atoms with E-state index < -0.39 is 11.6 Å². The van der Waals surface area contributed by atoms with Crippen LogP contribution in [0.2, 0.25) is 0 Å². The van der Waals surface area contributed by atoms with Gasteiger partial charge < -0.3 is 10.2 Å². The number of aryl methyl sites for hydroxylation is 1. The van der Waals surface area contributed by atoms with E-state index in [4.69, 9.17) is 0 Å². The van der Waals surface area contributed by atoms with E-state index in [0.717, 1.165) is 42.7 Å². The van der Waals surface area contributed by atoms with Crippen LogP contribution in [0.3, 0.4) is 0 Å². The highest BCUT2D eigenvalue weighted by atomic mass is 19.1. The Balaban J connectivity index is 1.45. The molecule has 0 unspecified atom stereocenters. The van der Waals surface area contributed by atoms with Crippen molar-refractivity contribution in [2.45, 2.75) is 26.3 Å². The van der Waals surface area contributed by atoms with Gasteiger partial charge in [0, 0.05) is 31.4 Å². The van der Waals surface area contributed by atoms with E-state index in [1.54, 1.807) is 0 Å². The van der Waals surface area contributed by atoms with E-state index in [1.807, 2.05) is 29.5 Å². The Labute approximate surface area is 161 Å². The summed E-state index contributed by atoms with van der Waals surface area (Å²) in [6.45, 7) is 3.41. The van der Waals surface area contributed by atoms with Crippen molar-refractivity contribution in [1.82, 2.24) is 19.9 Å². The van der Waals surface area contributed by atoms with Crippen LogP contribution < -0.4 is 10.2 Å². The summed E-state index contributed by atoms with van der Waals surface area (Å²) in [5.74, 6) is -0.912. The molecule has 1 aliphatic rings. The predicted octanol–water partition coefficient (Wildman–Crippen LogP) is 2.85. The summed E-state index contributed by atoms with van der Waals surface area (Å²) in [5, 5.41) is 11.3. The van der Waals surface area contributed by atoms with Crippen molar-refractivity contribution >= 4 is 17.5 Å². The highest BCUT2D eigenvalue weighted by Gasteiger charge is 2.28. The molecule has 28 heavy (non-hydrogen) atoms. The summed E-state index contributed by atoms with van der Waals surface area (Å²) in [4.78, 5) is 14.7. The number of halogens is 2. The zero-order chi connectivity index (χ0) is 19.7. The third-order valence-corrected chi connectivity index (χ3v) is 5.07. The van der Waals surface area contributed by atoms with Gasteiger partial charge in [-0.2, -0.15) is 0 Å². The fraction of sp³-hybridized carbons (Fsp3) is 0.350. The number of hydrogen-bond acceptors (Lipinski definition) is 4. The minimum atomic E-state index is -0.651. The number of carbonyl (C=O) groups excluding carboxylic acids is 1. The smallest absolute Gasteiger partial charge is 0.231 e. The molecule has 8 heteroatoms. The van der Waals surface area contributed by atoms with Crippen molar-refractivity contribution in [1.29, 1.82) is 0 Å².